The fourth-order valence-corrected chi connectivity index (χ4v) is 8.49. The maximum absolute atomic E-state index is 3.64. The molecule has 0 bridgehead atoms. The maximum atomic E-state index is 3.64. The van der Waals surface area contributed by atoms with Gasteiger partial charge in [0.2, 0.25) is 0 Å². The van der Waals surface area contributed by atoms with Gasteiger partial charge in [-0.25, -0.2) is 58.7 Å². The molecule has 4 radical (unpaired) electrons. The van der Waals surface area contributed by atoms with Crippen LogP contribution in [0.3, 0.4) is 0 Å². The molecule has 348 valence electrons. The van der Waals surface area contributed by atoms with E-state index < -0.39 is 0 Å². The van der Waals surface area contributed by atoms with Crippen molar-refractivity contribution in [2.24, 2.45) is 33.5 Å². The Morgan fingerprint density at radius 1 is 0.471 bits per heavy atom. The number of hydrogen-bond acceptors (Lipinski definition) is 0. The summed E-state index contributed by atoms with van der Waals surface area (Å²) in [7, 11) is 0. The standard InChI is InChI=1S/2C30H30.2C2H6.4Y/c2*1-29(2)20-8-13-26(18-22-29)25-12-7-15-28(17-16-25)30(3)21-9-14-27(19-23-30)24-10-5-4-6-11-24;2*1-2;;;;/h2*4-10,13,16,19,21,23,28H,15,17,20,22H2,1-3H3;2*1-2H3;;;;/q2*-4;;;;;;. The van der Waals surface area contributed by atoms with Crippen LogP contribution in [0.5, 0.6) is 0 Å². The van der Waals surface area contributed by atoms with Crippen LogP contribution in [-0.4, -0.2) is 0 Å². The predicted molar refractivity (Wildman–Crippen MR) is 274 cm³/mol. The Morgan fingerprint density at radius 3 is 1.24 bits per heavy atom. The van der Waals surface area contributed by atoms with Gasteiger partial charge >= 0.3 is 0 Å². The third-order valence-electron chi connectivity index (χ3n) is 12.9. The minimum absolute atomic E-state index is 0. The topological polar surface area (TPSA) is 0 Å². The second-order valence-electron chi connectivity index (χ2n) is 19.1. The van der Waals surface area contributed by atoms with Crippen LogP contribution in [0.2, 0.25) is 0 Å². The van der Waals surface area contributed by atoms with E-state index in [4.69, 9.17) is 0 Å². The molecule has 6 aliphatic carbocycles. The van der Waals surface area contributed by atoms with Gasteiger partial charge in [-0.3, -0.25) is 12.2 Å². The first-order valence-corrected chi connectivity index (χ1v) is 24.0. The molecular weight excluding hydrogens is 1120 g/mol. The van der Waals surface area contributed by atoms with Crippen LogP contribution in [-0.2, 0) is 131 Å². The van der Waals surface area contributed by atoms with Gasteiger partial charge in [-0.1, -0.05) is 94.9 Å². The van der Waals surface area contributed by atoms with Gasteiger partial charge in [0.05, 0.1) is 0 Å². The SMILES string of the molecule is CC.CC.CC1(C)C[C-]=C(C2=CCC(C3(C)C=C[C-]=C(c4[c-]cccc4)C=C3)CC=[C-]2)C=CC1.CC1(C)C[C-]=C(C2=CCC(C3(C)C=C[C-]=C(c4[c-]cccc4)C=C3)CC=[C-]2)C=CC1.[Y].[Y].[Y].[Y]. The zero-order chi connectivity index (χ0) is 46.1. The number of hydrogen-bond donors (Lipinski definition) is 0. The zero-order valence-electron chi connectivity index (χ0n) is 43.0. The molecule has 6 aliphatic rings. The molecule has 0 amide bonds. The molecule has 0 N–H and O–H groups in total. The minimum Gasteiger partial charge on any atom is -0.302 e. The van der Waals surface area contributed by atoms with E-state index in [1.807, 2.05) is 52.0 Å². The normalized spacial score (nSPS) is 25.0. The van der Waals surface area contributed by atoms with Gasteiger partial charge in [0.25, 0.3) is 0 Å². The van der Waals surface area contributed by atoms with E-state index in [0.29, 0.717) is 11.8 Å². The van der Waals surface area contributed by atoms with Gasteiger partial charge in [0.15, 0.2) is 0 Å². The molecule has 0 aliphatic heterocycles. The fourth-order valence-electron chi connectivity index (χ4n) is 8.49. The summed E-state index contributed by atoms with van der Waals surface area (Å²) in [6, 6.07) is 22.8. The summed E-state index contributed by atoms with van der Waals surface area (Å²) in [6.07, 6.45) is 65.6. The van der Waals surface area contributed by atoms with Crippen LogP contribution in [0.25, 0.3) is 11.1 Å². The van der Waals surface area contributed by atoms with E-state index >= 15 is 0 Å². The van der Waals surface area contributed by atoms with Gasteiger partial charge in [0, 0.05) is 131 Å². The molecule has 4 heteroatoms. The summed E-state index contributed by atoms with van der Waals surface area (Å²) >= 11 is 0. The molecule has 4 unspecified atom stereocenters. The van der Waals surface area contributed by atoms with Gasteiger partial charge in [-0.2, -0.15) is 109 Å². The summed E-state index contributed by atoms with van der Waals surface area (Å²) < 4.78 is 0. The van der Waals surface area contributed by atoms with Gasteiger partial charge in [0.1, 0.15) is 0 Å². The molecule has 0 fully saturated rings. The minimum atomic E-state index is -0.0208. The molecule has 4 atom stereocenters. The number of rotatable bonds is 6. The predicted octanol–water partition coefficient (Wildman–Crippen LogP) is 17.3. The average molecular weight is 1200 g/mol. The van der Waals surface area contributed by atoms with Crippen LogP contribution in [0.4, 0.5) is 0 Å². The average Bonchev–Trinajstić information content (AvgIpc) is 3.96. The number of allylic oxidation sites excluding steroid dienone is 28. The van der Waals surface area contributed by atoms with E-state index in [1.165, 1.54) is 22.3 Å². The van der Waals surface area contributed by atoms with Crippen molar-refractivity contribution in [1.29, 1.82) is 0 Å². The van der Waals surface area contributed by atoms with E-state index in [1.54, 1.807) is 0 Å². The van der Waals surface area contributed by atoms with Gasteiger partial charge in [-0.05, 0) is 59.2 Å². The Labute approximate surface area is 516 Å². The van der Waals surface area contributed by atoms with Gasteiger partial charge < -0.3 is 22.3 Å². The van der Waals surface area contributed by atoms with Crippen LogP contribution in [0.15, 0.2) is 168 Å². The number of benzene rings is 2. The Balaban J connectivity index is 0.000000601. The molecule has 2 aromatic carbocycles. The fraction of sp³-hybridized carbons (Fsp3) is 0.375. The first kappa shape index (κ1) is 65.2. The van der Waals surface area contributed by atoms with E-state index in [-0.39, 0.29) is 152 Å². The largest absolute Gasteiger partial charge is 0.302 e. The first-order chi connectivity index (χ1) is 30.9. The zero-order valence-corrected chi connectivity index (χ0v) is 54.3. The van der Waals surface area contributed by atoms with E-state index in [9.17, 15) is 0 Å². The molecule has 0 saturated carbocycles. The van der Waals surface area contributed by atoms with Crippen LogP contribution in [0, 0.1) is 82.1 Å². The molecular formula is C64H72Y4-8. The third-order valence-corrected chi connectivity index (χ3v) is 12.9. The van der Waals surface area contributed by atoms with Crippen LogP contribution in [0.1, 0.15) is 132 Å². The maximum Gasteiger partial charge on any atom is 0 e. The Hall–Kier alpha value is -0.784. The molecule has 0 aromatic heterocycles. The summed E-state index contributed by atoms with van der Waals surface area (Å²) in [6.45, 7) is 21.9. The van der Waals surface area contributed by atoms with Crippen molar-refractivity contribution in [3.63, 3.8) is 0 Å². The Morgan fingerprint density at radius 2 is 0.868 bits per heavy atom. The smallest absolute Gasteiger partial charge is 0 e. The van der Waals surface area contributed by atoms with Gasteiger partial charge in [-0.15, -0.1) is 36.4 Å². The second-order valence-corrected chi connectivity index (χ2v) is 19.1. The van der Waals surface area contributed by atoms with Crippen molar-refractivity contribution in [3.05, 3.63) is 228 Å². The molecule has 0 heterocycles. The van der Waals surface area contributed by atoms with Crippen molar-refractivity contribution in [2.75, 3.05) is 0 Å². The van der Waals surface area contributed by atoms with Crippen molar-refractivity contribution in [1.82, 2.24) is 0 Å². The first-order valence-electron chi connectivity index (χ1n) is 24.0. The molecule has 8 rings (SSSR count). The molecule has 0 saturated heterocycles. The van der Waals surface area contributed by atoms with E-state index in [0.717, 1.165) is 73.6 Å². The van der Waals surface area contributed by atoms with Crippen LogP contribution < -0.4 is 0 Å². The quantitative estimate of drug-likeness (QED) is 0.253. The van der Waals surface area contributed by atoms with Crippen molar-refractivity contribution in [3.8, 4) is 0 Å². The molecule has 2 aromatic rings. The summed E-state index contributed by atoms with van der Waals surface area (Å²) in [5.74, 6) is 0.977. The van der Waals surface area contributed by atoms with Crippen molar-refractivity contribution >= 4 is 11.1 Å². The second kappa shape index (κ2) is 32.4. The molecule has 0 spiro atoms. The van der Waals surface area contributed by atoms with E-state index in [2.05, 4.69) is 212 Å². The Bertz CT molecular complexity index is 2130. The summed E-state index contributed by atoms with van der Waals surface area (Å²) in [4.78, 5) is 0. The third kappa shape index (κ3) is 19.6. The van der Waals surface area contributed by atoms with Crippen LogP contribution >= 0.6 is 0 Å². The monoisotopic (exact) mass is 1200 g/mol. The van der Waals surface area contributed by atoms with Crippen molar-refractivity contribution < 1.29 is 131 Å². The molecule has 0 nitrogen and oxygen atoms in total. The molecule has 68 heavy (non-hydrogen) atoms. The van der Waals surface area contributed by atoms with Crippen molar-refractivity contribution in [2.45, 2.75) is 121 Å². The summed E-state index contributed by atoms with van der Waals surface area (Å²) in [5, 5.41) is 0. The Kier molecular flexibility index (Phi) is 31.1. The summed E-state index contributed by atoms with van der Waals surface area (Å²) in [5.41, 5.74) is 9.68.